The molecule has 1 heteroatoms. The van der Waals surface area contributed by atoms with Crippen LogP contribution in [-0.4, -0.2) is 0 Å². The summed E-state index contributed by atoms with van der Waals surface area (Å²) in [5, 5.41) is 3.58. The summed E-state index contributed by atoms with van der Waals surface area (Å²) in [6.45, 7) is 7.44. The van der Waals surface area contributed by atoms with Gasteiger partial charge in [-0.05, 0) is 37.5 Å². The molecule has 2 rings (SSSR count). The molecular formula is C17H21N. The summed E-state index contributed by atoms with van der Waals surface area (Å²) >= 11 is 0. The van der Waals surface area contributed by atoms with Crippen molar-refractivity contribution in [3.05, 3.63) is 70.8 Å². The minimum Gasteiger partial charge on any atom is -0.306 e. The highest BCUT2D eigenvalue weighted by molar-refractivity contribution is 5.30. The van der Waals surface area contributed by atoms with E-state index >= 15 is 0 Å². The summed E-state index contributed by atoms with van der Waals surface area (Å²) in [5.74, 6) is 0. The third kappa shape index (κ3) is 3.21. The molecule has 0 heterocycles. The van der Waals surface area contributed by atoms with Crippen LogP contribution >= 0.6 is 0 Å². The summed E-state index contributed by atoms with van der Waals surface area (Å²) in [6.07, 6.45) is 0. The summed E-state index contributed by atoms with van der Waals surface area (Å²) in [6, 6.07) is 17.6. The summed E-state index contributed by atoms with van der Waals surface area (Å²) in [5.41, 5.74) is 5.40. The second-order valence-electron chi connectivity index (χ2n) is 4.94. The van der Waals surface area contributed by atoms with Crippen molar-refractivity contribution in [2.75, 3.05) is 0 Å². The minimum absolute atomic E-state index is 0.381. The molecule has 0 amide bonds. The van der Waals surface area contributed by atoms with Crippen molar-refractivity contribution in [1.82, 2.24) is 5.32 Å². The molecule has 0 saturated carbocycles. The quantitative estimate of drug-likeness (QED) is 0.845. The van der Waals surface area contributed by atoms with Crippen LogP contribution in [0.1, 0.15) is 35.2 Å². The number of hydrogen-bond acceptors (Lipinski definition) is 1. The van der Waals surface area contributed by atoms with Gasteiger partial charge >= 0.3 is 0 Å². The Hall–Kier alpha value is -1.60. The fourth-order valence-corrected chi connectivity index (χ4v) is 2.11. The molecule has 0 radical (unpaired) electrons. The standard InChI is InChI=1S/C17H21N/c1-13-9-10-14(2)17(11-13)12-18-15(3)16-7-5-4-6-8-16/h4-11,15,18H,12H2,1-3H3. The van der Waals surface area contributed by atoms with Crippen LogP contribution in [0.15, 0.2) is 48.5 Å². The predicted molar refractivity (Wildman–Crippen MR) is 77.6 cm³/mol. The first-order valence-corrected chi connectivity index (χ1v) is 6.51. The van der Waals surface area contributed by atoms with Crippen LogP contribution in [0.5, 0.6) is 0 Å². The number of nitrogens with one attached hydrogen (secondary N) is 1. The fourth-order valence-electron chi connectivity index (χ4n) is 2.11. The molecule has 1 unspecified atom stereocenters. The average molecular weight is 239 g/mol. The van der Waals surface area contributed by atoms with E-state index in [1.165, 1.54) is 22.3 Å². The molecular weight excluding hydrogens is 218 g/mol. The highest BCUT2D eigenvalue weighted by atomic mass is 14.9. The largest absolute Gasteiger partial charge is 0.306 e. The third-order valence-electron chi connectivity index (χ3n) is 3.40. The third-order valence-corrected chi connectivity index (χ3v) is 3.40. The highest BCUT2D eigenvalue weighted by Gasteiger charge is 2.05. The van der Waals surface area contributed by atoms with E-state index in [9.17, 15) is 0 Å². The molecule has 2 aromatic rings. The van der Waals surface area contributed by atoms with Gasteiger partial charge in [0.1, 0.15) is 0 Å². The van der Waals surface area contributed by atoms with E-state index in [1.807, 2.05) is 0 Å². The maximum Gasteiger partial charge on any atom is 0.0294 e. The average Bonchev–Trinajstić information content (AvgIpc) is 2.40. The fraction of sp³-hybridized carbons (Fsp3) is 0.294. The van der Waals surface area contributed by atoms with Crippen molar-refractivity contribution >= 4 is 0 Å². The first-order valence-electron chi connectivity index (χ1n) is 6.51. The van der Waals surface area contributed by atoms with Crippen molar-refractivity contribution in [3.63, 3.8) is 0 Å². The first kappa shape index (κ1) is 12.8. The predicted octanol–water partition coefficient (Wildman–Crippen LogP) is 4.15. The Bertz CT molecular complexity index is 502. The SMILES string of the molecule is Cc1ccc(C)c(CNC(C)c2ccccc2)c1. The molecule has 0 aromatic heterocycles. The summed E-state index contributed by atoms with van der Waals surface area (Å²) in [7, 11) is 0. The van der Waals surface area contributed by atoms with Gasteiger partial charge in [0.2, 0.25) is 0 Å². The van der Waals surface area contributed by atoms with Crippen LogP contribution in [0.2, 0.25) is 0 Å². The van der Waals surface area contributed by atoms with E-state index < -0.39 is 0 Å². The Labute approximate surface area is 110 Å². The number of benzene rings is 2. The molecule has 94 valence electrons. The van der Waals surface area contributed by atoms with E-state index in [-0.39, 0.29) is 0 Å². The lowest BCUT2D eigenvalue weighted by molar-refractivity contribution is 0.573. The Balaban J connectivity index is 2.01. The van der Waals surface area contributed by atoms with Gasteiger partial charge in [-0.25, -0.2) is 0 Å². The lowest BCUT2D eigenvalue weighted by atomic mass is 10.0. The van der Waals surface area contributed by atoms with E-state index in [1.54, 1.807) is 0 Å². The van der Waals surface area contributed by atoms with Gasteiger partial charge in [0.15, 0.2) is 0 Å². The maximum atomic E-state index is 3.58. The lowest BCUT2D eigenvalue weighted by Gasteiger charge is -2.15. The van der Waals surface area contributed by atoms with E-state index in [0.717, 1.165) is 6.54 Å². The minimum atomic E-state index is 0.381. The molecule has 0 fully saturated rings. The van der Waals surface area contributed by atoms with Crippen molar-refractivity contribution in [2.45, 2.75) is 33.4 Å². The van der Waals surface area contributed by atoms with Gasteiger partial charge < -0.3 is 5.32 Å². The van der Waals surface area contributed by atoms with Crippen LogP contribution in [0.4, 0.5) is 0 Å². The molecule has 1 atom stereocenters. The Morgan fingerprint density at radius 2 is 1.72 bits per heavy atom. The molecule has 2 aromatic carbocycles. The van der Waals surface area contributed by atoms with Crippen LogP contribution < -0.4 is 5.32 Å². The maximum absolute atomic E-state index is 3.58. The highest BCUT2D eigenvalue weighted by Crippen LogP contribution is 2.15. The van der Waals surface area contributed by atoms with Crippen LogP contribution in [0.3, 0.4) is 0 Å². The van der Waals surface area contributed by atoms with Crippen LogP contribution in [0.25, 0.3) is 0 Å². The monoisotopic (exact) mass is 239 g/mol. The van der Waals surface area contributed by atoms with Gasteiger partial charge in [-0.3, -0.25) is 0 Å². The van der Waals surface area contributed by atoms with Gasteiger partial charge in [0.25, 0.3) is 0 Å². The molecule has 0 bridgehead atoms. The van der Waals surface area contributed by atoms with Gasteiger partial charge in [-0.1, -0.05) is 54.1 Å². The molecule has 0 saturated heterocycles. The zero-order valence-electron chi connectivity index (χ0n) is 11.4. The molecule has 1 nitrogen and oxygen atoms in total. The van der Waals surface area contributed by atoms with Gasteiger partial charge in [0.05, 0.1) is 0 Å². The van der Waals surface area contributed by atoms with Crippen molar-refractivity contribution in [1.29, 1.82) is 0 Å². The Morgan fingerprint density at radius 3 is 2.44 bits per heavy atom. The second-order valence-corrected chi connectivity index (χ2v) is 4.94. The molecule has 18 heavy (non-hydrogen) atoms. The van der Waals surface area contributed by atoms with Crippen molar-refractivity contribution in [3.8, 4) is 0 Å². The van der Waals surface area contributed by atoms with Crippen molar-refractivity contribution < 1.29 is 0 Å². The smallest absolute Gasteiger partial charge is 0.0294 e. The Kier molecular flexibility index (Phi) is 4.16. The molecule has 0 aliphatic rings. The van der Waals surface area contributed by atoms with Crippen LogP contribution in [-0.2, 0) is 6.54 Å². The molecule has 0 spiro atoms. The van der Waals surface area contributed by atoms with Crippen LogP contribution in [0, 0.1) is 13.8 Å². The Morgan fingerprint density at radius 1 is 1.00 bits per heavy atom. The van der Waals surface area contributed by atoms with Gasteiger partial charge in [0, 0.05) is 12.6 Å². The lowest BCUT2D eigenvalue weighted by Crippen LogP contribution is -2.18. The topological polar surface area (TPSA) is 12.0 Å². The molecule has 0 aliphatic heterocycles. The van der Waals surface area contributed by atoms with Crippen molar-refractivity contribution in [2.24, 2.45) is 0 Å². The van der Waals surface area contributed by atoms with Gasteiger partial charge in [-0.15, -0.1) is 0 Å². The normalized spacial score (nSPS) is 12.4. The molecule has 1 N–H and O–H groups in total. The zero-order valence-corrected chi connectivity index (χ0v) is 11.4. The molecule has 0 aliphatic carbocycles. The van der Waals surface area contributed by atoms with E-state index in [4.69, 9.17) is 0 Å². The summed E-state index contributed by atoms with van der Waals surface area (Å²) < 4.78 is 0. The number of aryl methyl sites for hydroxylation is 2. The number of rotatable bonds is 4. The van der Waals surface area contributed by atoms with Gasteiger partial charge in [-0.2, -0.15) is 0 Å². The zero-order chi connectivity index (χ0) is 13.0. The first-order chi connectivity index (χ1) is 8.66. The summed E-state index contributed by atoms with van der Waals surface area (Å²) in [4.78, 5) is 0. The van der Waals surface area contributed by atoms with E-state index in [0.29, 0.717) is 6.04 Å². The van der Waals surface area contributed by atoms with E-state index in [2.05, 4.69) is 74.6 Å². The second kappa shape index (κ2) is 5.83. The number of hydrogen-bond donors (Lipinski definition) is 1.